The first-order valence-corrected chi connectivity index (χ1v) is 8.29. The van der Waals surface area contributed by atoms with Crippen LogP contribution in [-0.2, 0) is 4.74 Å². The van der Waals surface area contributed by atoms with Gasteiger partial charge in [0.25, 0.3) is 0 Å². The van der Waals surface area contributed by atoms with Crippen LogP contribution < -0.4 is 15.5 Å². The number of anilines is 2. The number of nitrogens with one attached hydrogen (secondary N) is 2. The summed E-state index contributed by atoms with van der Waals surface area (Å²) in [7, 11) is 1.79. The molecule has 2 saturated heterocycles. The summed E-state index contributed by atoms with van der Waals surface area (Å²) in [6, 6.07) is 0.248. The van der Waals surface area contributed by atoms with E-state index in [-0.39, 0.29) is 37.0 Å². The van der Waals surface area contributed by atoms with Gasteiger partial charge in [0, 0.05) is 38.0 Å². The Morgan fingerprint density at radius 2 is 1.88 bits per heavy atom. The number of ether oxygens (including phenoxy) is 1. The smallest absolute Gasteiger partial charge is 0.227 e. The molecule has 2 N–H and O–H groups in total. The van der Waals surface area contributed by atoms with Gasteiger partial charge in [0.05, 0.1) is 12.1 Å². The molecule has 0 aromatic carbocycles. The Hall–Kier alpha value is -0.820. The minimum Gasteiger partial charge on any atom is -0.379 e. The molecule has 24 heavy (non-hydrogen) atoms. The lowest BCUT2D eigenvalue weighted by Crippen LogP contribution is -2.49. The molecular formula is C16H29Cl2N5O. The Bertz CT molecular complexity index is 525. The summed E-state index contributed by atoms with van der Waals surface area (Å²) in [6.45, 7) is 8.19. The number of rotatable bonds is 4. The van der Waals surface area contributed by atoms with Crippen molar-refractivity contribution in [1.29, 1.82) is 0 Å². The molecule has 3 heterocycles. The zero-order valence-electron chi connectivity index (χ0n) is 14.7. The lowest BCUT2D eigenvalue weighted by atomic mass is 10.0. The first-order chi connectivity index (χ1) is 10.7. The second-order valence-corrected chi connectivity index (χ2v) is 6.29. The van der Waals surface area contributed by atoms with Gasteiger partial charge in [0.2, 0.25) is 5.95 Å². The predicted octanol–water partition coefficient (Wildman–Crippen LogP) is 2.33. The van der Waals surface area contributed by atoms with Crippen molar-refractivity contribution in [2.75, 3.05) is 43.5 Å². The number of piperidine rings is 1. The lowest BCUT2D eigenvalue weighted by Gasteiger charge is -2.32. The summed E-state index contributed by atoms with van der Waals surface area (Å²) in [6.07, 6.45) is 3.72. The molecule has 2 aliphatic rings. The highest BCUT2D eigenvalue weighted by molar-refractivity contribution is 5.85. The van der Waals surface area contributed by atoms with E-state index in [0.29, 0.717) is 0 Å². The fourth-order valence-electron chi connectivity index (χ4n) is 3.25. The standard InChI is InChI=1S/C16H27N5O.2ClH/c1-11-12(2)18-16(21-8-4-5-9-21)20-15(11)19-13-10-17-7-6-14(13)22-3;;/h13-14,17H,4-10H2,1-3H3,(H,18,19,20);2*1H/t13-,14+;;/m0../s1. The molecule has 0 bridgehead atoms. The molecule has 138 valence electrons. The third-order valence-electron chi connectivity index (χ3n) is 4.81. The third-order valence-corrected chi connectivity index (χ3v) is 4.81. The summed E-state index contributed by atoms with van der Waals surface area (Å²) < 4.78 is 5.62. The first-order valence-electron chi connectivity index (χ1n) is 8.29. The Morgan fingerprint density at radius 3 is 2.54 bits per heavy atom. The van der Waals surface area contributed by atoms with E-state index < -0.39 is 0 Å². The number of hydrogen-bond acceptors (Lipinski definition) is 6. The van der Waals surface area contributed by atoms with Gasteiger partial charge in [0.1, 0.15) is 5.82 Å². The second kappa shape index (κ2) is 9.61. The Morgan fingerprint density at radius 1 is 1.17 bits per heavy atom. The number of hydrogen-bond donors (Lipinski definition) is 2. The molecule has 0 amide bonds. The van der Waals surface area contributed by atoms with E-state index in [0.717, 1.165) is 55.6 Å². The number of methoxy groups -OCH3 is 1. The molecular weight excluding hydrogens is 349 g/mol. The first kappa shape index (κ1) is 21.2. The molecule has 0 radical (unpaired) electrons. The summed E-state index contributed by atoms with van der Waals surface area (Å²) in [4.78, 5) is 11.8. The van der Waals surface area contributed by atoms with Crippen molar-refractivity contribution in [2.24, 2.45) is 0 Å². The second-order valence-electron chi connectivity index (χ2n) is 6.29. The van der Waals surface area contributed by atoms with Crippen LogP contribution in [0.1, 0.15) is 30.5 Å². The van der Waals surface area contributed by atoms with Crippen LogP contribution in [-0.4, -0.2) is 55.4 Å². The monoisotopic (exact) mass is 377 g/mol. The van der Waals surface area contributed by atoms with Crippen LogP contribution >= 0.6 is 24.8 Å². The van der Waals surface area contributed by atoms with Gasteiger partial charge in [-0.2, -0.15) is 4.98 Å². The largest absolute Gasteiger partial charge is 0.379 e. The SMILES string of the molecule is CO[C@@H]1CCNC[C@@H]1Nc1nc(N2CCCC2)nc(C)c1C.Cl.Cl. The van der Waals surface area contributed by atoms with E-state index in [1.54, 1.807) is 7.11 Å². The van der Waals surface area contributed by atoms with Crippen molar-refractivity contribution in [1.82, 2.24) is 15.3 Å². The van der Waals surface area contributed by atoms with Gasteiger partial charge in [-0.1, -0.05) is 0 Å². The van der Waals surface area contributed by atoms with Crippen LogP contribution in [0.4, 0.5) is 11.8 Å². The van der Waals surface area contributed by atoms with Gasteiger partial charge in [-0.3, -0.25) is 0 Å². The van der Waals surface area contributed by atoms with Crippen LogP contribution in [0.3, 0.4) is 0 Å². The van der Waals surface area contributed by atoms with Crippen LogP contribution in [0.2, 0.25) is 0 Å². The highest BCUT2D eigenvalue weighted by Gasteiger charge is 2.26. The van der Waals surface area contributed by atoms with Crippen LogP contribution in [0.5, 0.6) is 0 Å². The average Bonchev–Trinajstić information content (AvgIpc) is 3.06. The molecule has 6 nitrogen and oxygen atoms in total. The average molecular weight is 378 g/mol. The highest BCUT2D eigenvalue weighted by Crippen LogP contribution is 2.24. The predicted molar refractivity (Wildman–Crippen MR) is 103 cm³/mol. The lowest BCUT2D eigenvalue weighted by molar-refractivity contribution is 0.0664. The zero-order chi connectivity index (χ0) is 15.5. The van der Waals surface area contributed by atoms with Gasteiger partial charge < -0.3 is 20.3 Å². The van der Waals surface area contributed by atoms with E-state index in [1.165, 1.54) is 12.8 Å². The topological polar surface area (TPSA) is 62.3 Å². The molecule has 2 aliphatic heterocycles. The van der Waals surface area contributed by atoms with Gasteiger partial charge in [-0.15, -0.1) is 24.8 Å². The molecule has 0 unspecified atom stereocenters. The molecule has 1 aromatic heterocycles. The summed E-state index contributed by atoms with van der Waals surface area (Å²) >= 11 is 0. The fourth-order valence-corrected chi connectivity index (χ4v) is 3.25. The Labute approximate surface area is 157 Å². The minimum absolute atomic E-state index is 0. The highest BCUT2D eigenvalue weighted by atomic mass is 35.5. The maximum Gasteiger partial charge on any atom is 0.227 e. The Balaban J connectivity index is 0.00000144. The van der Waals surface area contributed by atoms with Crippen molar-refractivity contribution >= 4 is 36.6 Å². The molecule has 8 heteroatoms. The zero-order valence-corrected chi connectivity index (χ0v) is 16.3. The normalized spacial score (nSPS) is 23.4. The third kappa shape index (κ3) is 4.63. The van der Waals surface area contributed by atoms with Crippen LogP contribution in [0, 0.1) is 13.8 Å². The van der Waals surface area contributed by atoms with Gasteiger partial charge in [-0.25, -0.2) is 4.98 Å². The maximum atomic E-state index is 5.62. The molecule has 3 rings (SSSR count). The Kier molecular flexibility index (Phi) is 8.50. The summed E-state index contributed by atoms with van der Waals surface area (Å²) in [5.41, 5.74) is 2.18. The number of halogens is 2. The van der Waals surface area contributed by atoms with E-state index in [2.05, 4.69) is 34.4 Å². The molecule has 0 saturated carbocycles. The van der Waals surface area contributed by atoms with Crippen molar-refractivity contribution in [3.63, 3.8) is 0 Å². The van der Waals surface area contributed by atoms with Crippen molar-refractivity contribution in [2.45, 2.75) is 45.3 Å². The van der Waals surface area contributed by atoms with E-state index in [9.17, 15) is 0 Å². The van der Waals surface area contributed by atoms with E-state index in [1.807, 2.05) is 0 Å². The van der Waals surface area contributed by atoms with E-state index >= 15 is 0 Å². The maximum absolute atomic E-state index is 5.62. The molecule has 2 atom stereocenters. The molecule has 0 aliphatic carbocycles. The van der Waals surface area contributed by atoms with Crippen molar-refractivity contribution < 1.29 is 4.74 Å². The van der Waals surface area contributed by atoms with Crippen molar-refractivity contribution in [3.8, 4) is 0 Å². The van der Waals surface area contributed by atoms with Crippen molar-refractivity contribution in [3.05, 3.63) is 11.3 Å². The molecule has 1 aromatic rings. The minimum atomic E-state index is 0. The molecule has 0 spiro atoms. The quantitative estimate of drug-likeness (QED) is 0.839. The molecule has 2 fully saturated rings. The number of aryl methyl sites for hydroxylation is 1. The summed E-state index contributed by atoms with van der Waals surface area (Å²) in [5, 5.41) is 7.02. The number of aromatic nitrogens is 2. The van der Waals surface area contributed by atoms with E-state index in [4.69, 9.17) is 9.72 Å². The van der Waals surface area contributed by atoms with Crippen LogP contribution in [0.15, 0.2) is 0 Å². The van der Waals surface area contributed by atoms with Crippen LogP contribution in [0.25, 0.3) is 0 Å². The number of nitrogens with zero attached hydrogens (tertiary/aromatic N) is 3. The van der Waals surface area contributed by atoms with Gasteiger partial charge in [0.15, 0.2) is 0 Å². The summed E-state index contributed by atoms with van der Waals surface area (Å²) in [5.74, 6) is 1.81. The fraction of sp³-hybridized carbons (Fsp3) is 0.750. The van der Waals surface area contributed by atoms with Gasteiger partial charge >= 0.3 is 0 Å². The van der Waals surface area contributed by atoms with Gasteiger partial charge in [-0.05, 0) is 39.7 Å².